The van der Waals surface area contributed by atoms with Crippen LogP contribution in [0.5, 0.6) is 5.75 Å². The highest BCUT2D eigenvalue weighted by Crippen LogP contribution is 2.29. The number of nitrogens with one attached hydrogen (secondary N) is 2. The average molecular weight is 526 g/mol. The summed E-state index contributed by atoms with van der Waals surface area (Å²) in [6.07, 6.45) is 2.35. The summed E-state index contributed by atoms with van der Waals surface area (Å²) in [5.74, 6) is -0.508. The van der Waals surface area contributed by atoms with Crippen LogP contribution in [0.2, 0.25) is 0 Å². The Labute approximate surface area is 224 Å². The number of benzene rings is 2. The normalized spacial score (nSPS) is 18.6. The van der Waals surface area contributed by atoms with Gasteiger partial charge in [0.1, 0.15) is 23.4 Å². The molecule has 2 aromatic rings. The first-order valence-electron chi connectivity index (χ1n) is 13.0. The second kappa shape index (κ2) is 14.0. The molecule has 206 valence electrons. The van der Waals surface area contributed by atoms with Crippen molar-refractivity contribution >= 4 is 17.6 Å². The van der Waals surface area contributed by atoms with Gasteiger partial charge in [0.15, 0.2) is 5.78 Å². The van der Waals surface area contributed by atoms with Gasteiger partial charge in [0.25, 0.3) is 0 Å². The van der Waals surface area contributed by atoms with E-state index >= 15 is 0 Å². The largest absolute Gasteiger partial charge is 0.497 e. The fourth-order valence-electron chi connectivity index (χ4n) is 3.97. The summed E-state index contributed by atoms with van der Waals surface area (Å²) in [7, 11) is 1.57. The van der Waals surface area contributed by atoms with Crippen LogP contribution in [0, 0.1) is 0 Å². The molecule has 4 N–H and O–H groups in total. The number of hydrogen-bond donors (Lipinski definition) is 3. The van der Waals surface area contributed by atoms with E-state index in [0.29, 0.717) is 25.4 Å². The van der Waals surface area contributed by atoms with E-state index < -0.39 is 35.5 Å². The highest BCUT2D eigenvalue weighted by molar-refractivity contribution is 5.98. The molecule has 2 amide bonds. The van der Waals surface area contributed by atoms with Crippen molar-refractivity contribution in [1.29, 1.82) is 0 Å². The molecule has 1 heterocycles. The number of amides is 2. The summed E-state index contributed by atoms with van der Waals surface area (Å²) in [5.41, 5.74) is 6.83. The Balaban J connectivity index is 1.76. The van der Waals surface area contributed by atoms with Gasteiger partial charge in [-0.2, -0.15) is 0 Å². The van der Waals surface area contributed by atoms with Crippen molar-refractivity contribution in [3.8, 4) is 5.75 Å². The van der Waals surface area contributed by atoms with Gasteiger partial charge in [0.05, 0.1) is 26.4 Å². The van der Waals surface area contributed by atoms with Crippen LogP contribution in [-0.4, -0.2) is 68.3 Å². The first-order chi connectivity index (χ1) is 18.3. The van der Waals surface area contributed by atoms with Crippen LogP contribution < -0.4 is 21.1 Å². The quantitative estimate of drug-likeness (QED) is 0.225. The molecule has 0 aromatic heterocycles. The number of ketones is 1. The van der Waals surface area contributed by atoms with E-state index in [2.05, 4.69) is 10.6 Å². The second-order valence-corrected chi connectivity index (χ2v) is 9.78. The molecule has 9 nitrogen and oxygen atoms in total. The molecular formula is C29H39N3O6. The van der Waals surface area contributed by atoms with Crippen molar-refractivity contribution in [2.75, 3.05) is 26.9 Å². The van der Waals surface area contributed by atoms with E-state index in [0.717, 1.165) is 24.0 Å². The third-order valence-corrected chi connectivity index (χ3v) is 6.52. The van der Waals surface area contributed by atoms with Crippen LogP contribution in [0.1, 0.15) is 37.8 Å². The minimum Gasteiger partial charge on any atom is -0.497 e. The maximum absolute atomic E-state index is 13.6. The molecule has 1 fully saturated rings. The Bertz CT molecular complexity index is 1060. The first-order valence-corrected chi connectivity index (χ1v) is 13.0. The lowest BCUT2D eigenvalue weighted by Crippen LogP contribution is -2.57. The number of epoxide rings is 1. The Morgan fingerprint density at radius 3 is 2.18 bits per heavy atom. The van der Waals surface area contributed by atoms with Crippen LogP contribution in [0.25, 0.3) is 0 Å². The van der Waals surface area contributed by atoms with Gasteiger partial charge in [-0.25, -0.2) is 0 Å². The van der Waals surface area contributed by atoms with Crippen molar-refractivity contribution in [1.82, 2.24) is 10.6 Å². The van der Waals surface area contributed by atoms with Crippen LogP contribution in [-0.2, 0) is 36.7 Å². The number of methoxy groups -OCH3 is 1. The van der Waals surface area contributed by atoms with E-state index in [9.17, 15) is 14.4 Å². The third kappa shape index (κ3) is 8.65. The van der Waals surface area contributed by atoms with Crippen molar-refractivity contribution < 1.29 is 28.6 Å². The van der Waals surface area contributed by atoms with Crippen molar-refractivity contribution in [3.63, 3.8) is 0 Å². The van der Waals surface area contributed by atoms with Crippen molar-refractivity contribution in [3.05, 3.63) is 65.7 Å². The average Bonchev–Trinajstić information content (AvgIpc) is 3.69. The summed E-state index contributed by atoms with van der Waals surface area (Å²) >= 11 is 0. The molecular weight excluding hydrogens is 486 g/mol. The maximum atomic E-state index is 13.6. The second-order valence-electron chi connectivity index (χ2n) is 9.78. The van der Waals surface area contributed by atoms with Crippen LogP contribution in [0.4, 0.5) is 0 Å². The molecule has 0 spiro atoms. The van der Waals surface area contributed by atoms with Crippen LogP contribution >= 0.6 is 0 Å². The van der Waals surface area contributed by atoms with E-state index in [4.69, 9.17) is 19.9 Å². The third-order valence-electron chi connectivity index (χ3n) is 6.52. The fraction of sp³-hybridized carbons (Fsp3) is 0.483. The van der Waals surface area contributed by atoms with Crippen LogP contribution in [0.3, 0.4) is 0 Å². The van der Waals surface area contributed by atoms with Gasteiger partial charge in [-0.3, -0.25) is 14.4 Å². The molecule has 1 saturated heterocycles. The fourth-order valence-corrected chi connectivity index (χ4v) is 3.97. The molecule has 38 heavy (non-hydrogen) atoms. The van der Waals surface area contributed by atoms with E-state index in [1.165, 1.54) is 0 Å². The number of carbonyl (C=O) groups excluding carboxylic acids is 3. The molecule has 1 aliphatic rings. The van der Waals surface area contributed by atoms with Gasteiger partial charge in [0, 0.05) is 13.0 Å². The van der Waals surface area contributed by atoms with E-state index in [-0.39, 0.29) is 18.8 Å². The molecule has 0 radical (unpaired) electrons. The zero-order valence-corrected chi connectivity index (χ0v) is 22.4. The minimum absolute atomic E-state index is 0.0491. The topological polar surface area (TPSA) is 132 Å². The van der Waals surface area contributed by atoms with E-state index in [1.807, 2.05) is 49.4 Å². The monoisotopic (exact) mass is 525 g/mol. The number of hydrogen-bond acceptors (Lipinski definition) is 7. The summed E-state index contributed by atoms with van der Waals surface area (Å²) in [6.45, 7) is 4.63. The summed E-state index contributed by atoms with van der Waals surface area (Å²) < 4.78 is 16.1. The van der Waals surface area contributed by atoms with Crippen molar-refractivity contribution in [2.45, 2.75) is 63.3 Å². The predicted molar refractivity (Wildman–Crippen MR) is 144 cm³/mol. The Kier molecular flexibility index (Phi) is 10.8. The molecule has 0 bridgehead atoms. The zero-order valence-electron chi connectivity index (χ0n) is 22.4. The number of carbonyl (C=O) groups is 3. The highest BCUT2D eigenvalue weighted by atomic mass is 16.6. The number of Topliss-reactive ketones (excluding diaryl/α,β-unsaturated/α-hetero) is 1. The molecule has 2 aromatic carbocycles. The number of ether oxygens (including phenoxy) is 3. The standard InChI is InChI=1S/C29H39N3O6/c1-4-5-15-37-18-23(30)27(34)32-25(17-21-11-13-22(36-3)14-12-21)28(35)31-24(26(33)29(2)19-38-29)16-20-9-7-6-8-10-20/h6-14,23-25H,4-5,15-19,30H2,1-3H3,(H,31,35)(H,32,34)/t23-,24-,25-,29+/m0/s1. The van der Waals surface area contributed by atoms with Gasteiger partial charge in [-0.05, 0) is 43.0 Å². The number of rotatable bonds is 16. The Morgan fingerprint density at radius 2 is 1.58 bits per heavy atom. The SMILES string of the molecule is CCCCOC[C@H](N)C(=O)N[C@@H](Cc1ccc(OC)cc1)C(=O)N[C@@H](Cc1ccccc1)C(=O)[C@@]1(C)CO1. The lowest BCUT2D eigenvalue weighted by Gasteiger charge is -2.25. The molecule has 3 rings (SSSR count). The molecule has 1 aliphatic heterocycles. The Hall–Kier alpha value is -3.27. The van der Waals surface area contributed by atoms with Gasteiger partial charge < -0.3 is 30.6 Å². The first kappa shape index (κ1) is 29.3. The Morgan fingerprint density at radius 1 is 0.974 bits per heavy atom. The minimum atomic E-state index is -0.961. The smallest absolute Gasteiger partial charge is 0.243 e. The molecule has 0 unspecified atom stereocenters. The summed E-state index contributed by atoms with van der Waals surface area (Å²) in [5, 5.41) is 5.65. The lowest BCUT2D eigenvalue weighted by atomic mass is 9.94. The molecule has 4 atom stereocenters. The zero-order chi connectivity index (χ0) is 27.5. The van der Waals surface area contributed by atoms with Crippen LogP contribution in [0.15, 0.2) is 54.6 Å². The number of unbranched alkanes of at least 4 members (excludes halogenated alkanes) is 1. The summed E-state index contributed by atoms with van der Waals surface area (Å²) in [4.78, 5) is 39.7. The lowest BCUT2D eigenvalue weighted by molar-refractivity contribution is -0.133. The molecule has 0 saturated carbocycles. The van der Waals surface area contributed by atoms with E-state index in [1.54, 1.807) is 26.2 Å². The maximum Gasteiger partial charge on any atom is 0.243 e. The van der Waals surface area contributed by atoms with Gasteiger partial charge in [-0.1, -0.05) is 55.8 Å². The summed E-state index contributed by atoms with van der Waals surface area (Å²) in [6, 6.07) is 13.9. The van der Waals surface area contributed by atoms with Gasteiger partial charge >= 0.3 is 0 Å². The molecule has 0 aliphatic carbocycles. The predicted octanol–water partition coefficient (Wildman–Crippen LogP) is 1.95. The van der Waals surface area contributed by atoms with Crippen molar-refractivity contribution in [2.24, 2.45) is 5.73 Å². The number of nitrogens with two attached hydrogens (primary N) is 1. The highest BCUT2D eigenvalue weighted by Gasteiger charge is 2.50. The molecule has 9 heteroatoms. The van der Waals surface area contributed by atoms with Gasteiger partial charge in [-0.15, -0.1) is 0 Å². The van der Waals surface area contributed by atoms with Gasteiger partial charge in [0.2, 0.25) is 11.8 Å².